The number of hydrogen-bond acceptors (Lipinski definition) is 4. The molecule has 0 spiro atoms. The molecule has 2 aliphatic heterocycles. The summed E-state index contributed by atoms with van der Waals surface area (Å²) in [6.07, 6.45) is 0. The van der Waals surface area contributed by atoms with Gasteiger partial charge in [-0.25, -0.2) is 0 Å². The van der Waals surface area contributed by atoms with E-state index in [1.54, 1.807) is 6.07 Å². The normalized spacial score (nSPS) is 16.7. The number of carbonyl (C=O) groups excluding carboxylic acids is 1. The molecule has 0 saturated heterocycles. The van der Waals surface area contributed by atoms with Gasteiger partial charge in [0.1, 0.15) is 11.4 Å². The van der Waals surface area contributed by atoms with Crippen molar-refractivity contribution < 1.29 is 9.53 Å². The van der Waals surface area contributed by atoms with Gasteiger partial charge in [-0.05, 0) is 63.9 Å². The van der Waals surface area contributed by atoms with E-state index in [4.69, 9.17) is 4.74 Å². The van der Waals surface area contributed by atoms with Crippen LogP contribution in [0.2, 0.25) is 0 Å². The smallest absolute Gasteiger partial charge is 0.259 e. The molecule has 0 N–H and O–H groups in total. The Balaban J connectivity index is 2.04. The zero-order chi connectivity index (χ0) is 21.6. The number of likely N-dealkylation sites (N-methyl/N-ethyl adjacent to an activating group) is 1. The lowest BCUT2D eigenvalue weighted by molar-refractivity contribution is 0.0812. The van der Waals surface area contributed by atoms with Gasteiger partial charge in [-0.3, -0.25) is 4.79 Å². The number of ether oxygens (including phenoxy) is 1. The number of amides is 1. The summed E-state index contributed by atoms with van der Waals surface area (Å²) in [7, 11) is 0. The molecule has 4 rings (SSSR count). The Morgan fingerprint density at radius 3 is 2.50 bits per heavy atom. The first-order valence-corrected chi connectivity index (χ1v) is 10.5. The van der Waals surface area contributed by atoms with Crippen LogP contribution in [0.4, 0.5) is 0 Å². The number of nitriles is 1. The Morgan fingerprint density at radius 1 is 1.17 bits per heavy atom. The summed E-state index contributed by atoms with van der Waals surface area (Å²) in [4.78, 5) is 17.6. The number of nitrogens with zero attached hydrogens (tertiary/aromatic N) is 3. The van der Waals surface area contributed by atoms with Gasteiger partial charge in [0.15, 0.2) is 0 Å². The van der Waals surface area contributed by atoms with Gasteiger partial charge >= 0.3 is 0 Å². The molecule has 2 aromatic carbocycles. The minimum absolute atomic E-state index is 0.00401. The largest absolute Gasteiger partial charge is 0.481 e. The van der Waals surface area contributed by atoms with Gasteiger partial charge in [-0.15, -0.1) is 0 Å². The monoisotopic (exact) mass is 401 g/mol. The molecule has 0 saturated carbocycles. The Morgan fingerprint density at radius 2 is 1.87 bits per heavy atom. The molecular formula is C25H27N3O2. The first kappa shape index (κ1) is 20.0. The maximum absolute atomic E-state index is 13.5. The molecule has 5 nitrogen and oxygen atoms in total. The highest BCUT2D eigenvalue weighted by molar-refractivity contribution is 6.04. The van der Waals surface area contributed by atoms with Crippen LogP contribution in [0, 0.1) is 18.3 Å². The number of fused-ring (bicyclic) bond motifs is 2. The summed E-state index contributed by atoms with van der Waals surface area (Å²) in [5.74, 6) is 0.710. The van der Waals surface area contributed by atoms with Crippen LogP contribution in [-0.2, 0) is 6.54 Å². The van der Waals surface area contributed by atoms with Crippen molar-refractivity contribution in [2.45, 2.75) is 46.8 Å². The topological polar surface area (TPSA) is 56.6 Å². The third kappa shape index (κ3) is 2.87. The van der Waals surface area contributed by atoms with Gasteiger partial charge in [0.2, 0.25) is 0 Å². The van der Waals surface area contributed by atoms with Crippen LogP contribution in [0.15, 0.2) is 42.1 Å². The molecule has 154 valence electrons. The van der Waals surface area contributed by atoms with Crippen molar-refractivity contribution in [1.29, 1.82) is 5.26 Å². The third-order valence-corrected chi connectivity index (χ3v) is 6.11. The maximum Gasteiger partial charge on any atom is 0.259 e. The van der Waals surface area contributed by atoms with E-state index in [0.29, 0.717) is 17.9 Å². The van der Waals surface area contributed by atoms with Crippen LogP contribution in [0.5, 0.6) is 5.75 Å². The molecule has 0 unspecified atom stereocenters. The highest BCUT2D eigenvalue weighted by atomic mass is 16.5. The van der Waals surface area contributed by atoms with Gasteiger partial charge < -0.3 is 14.5 Å². The molecule has 0 aliphatic carbocycles. The van der Waals surface area contributed by atoms with Gasteiger partial charge in [0.25, 0.3) is 5.91 Å². The molecular weight excluding hydrogens is 374 g/mol. The second-order valence-electron chi connectivity index (χ2n) is 8.25. The van der Waals surface area contributed by atoms with E-state index in [1.165, 1.54) is 0 Å². The fourth-order valence-electron chi connectivity index (χ4n) is 4.68. The first-order chi connectivity index (χ1) is 14.3. The zero-order valence-electron chi connectivity index (χ0n) is 18.2. The summed E-state index contributed by atoms with van der Waals surface area (Å²) in [5.41, 5.74) is 5.27. The predicted octanol–water partition coefficient (Wildman–Crippen LogP) is 4.70. The molecule has 0 aromatic heterocycles. The number of benzene rings is 2. The van der Waals surface area contributed by atoms with Crippen molar-refractivity contribution in [2.75, 3.05) is 13.1 Å². The molecule has 30 heavy (non-hydrogen) atoms. The summed E-state index contributed by atoms with van der Waals surface area (Å²) >= 11 is 0. The summed E-state index contributed by atoms with van der Waals surface area (Å²) in [6, 6.07) is 13.7. The van der Waals surface area contributed by atoms with Crippen LogP contribution < -0.4 is 4.74 Å². The van der Waals surface area contributed by atoms with Crippen LogP contribution >= 0.6 is 0 Å². The molecule has 0 atom stereocenters. The van der Waals surface area contributed by atoms with Gasteiger partial charge in [-0.1, -0.05) is 18.2 Å². The van der Waals surface area contributed by atoms with Crippen molar-refractivity contribution in [3.63, 3.8) is 0 Å². The van der Waals surface area contributed by atoms with Crippen molar-refractivity contribution in [1.82, 2.24) is 9.80 Å². The van der Waals surface area contributed by atoms with E-state index in [-0.39, 0.29) is 5.91 Å². The average Bonchev–Trinajstić information content (AvgIpc) is 3.06. The predicted molar refractivity (Wildman–Crippen MR) is 117 cm³/mol. The lowest BCUT2D eigenvalue weighted by Gasteiger charge is -2.44. The molecule has 2 aliphatic rings. The van der Waals surface area contributed by atoms with Gasteiger partial charge in [0.05, 0.1) is 29.6 Å². The number of rotatable bonds is 4. The molecule has 0 fully saturated rings. The summed E-state index contributed by atoms with van der Waals surface area (Å²) in [6.45, 7) is 12.4. The van der Waals surface area contributed by atoms with Crippen LogP contribution in [0.25, 0.3) is 5.70 Å². The Bertz CT molecular complexity index is 1100. The van der Waals surface area contributed by atoms with E-state index in [0.717, 1.165) is 46.7 Å². The van der Waals surface area contributed by atoms with Crippen LogP contribution in [-0.4, -0.2) is 34.4 Å². The van der Waals surface area contributed by atoms with Crippen molar-refractivity contribution in [2.24, 2.45) is 0 Å². The van der Waals surface area contributed by atoms with E-state index >= 15 is 0 Å². The SMILES string of the molecule is CCN(CC)C1=C(N2Cc3ccccc3C2=O)c2c(ccc(C#N)c2C)OC1(C)C. The molecule has 0 radical (unpaired) electrons. The highest BCUT2D eigenvalue weighted by Crippen LogP contribution is 2.47. The fraction of sp³-hybridized carbons (Fsp3) is 0.360. The maximum atomic E-state index is 13.5. The molecule has 1 amide bonds. The first-order valence-electron chi connectivity index (χ1n) is 10.5. The van der Waals surface area contributed by atoms with Crippen LogP contribution in [0.1, 0.15) is 60.3 Å². The second kappa shape index (κ2) is 7.21. The summed E-state index contributed by atoms with van der Waals surface area (Å²) in [5, 5.41) is 9.64. The standard InChI is InChI=1S/C25H27N3O2/c1-6-27(7-2)23-22(28-15-18-10-8-9-11-19(18)24(28)29)21-16(3)17(14-26)12-13-20(21)30-25(23,4)5/h8-13H,6-7,15H2,1-5H3. The highest BCUT2D eigenvalue weighted by Gasteiger charge is 2.43. The minimum Gasteiger partial charge on any atom is -0.481 e. The Hall–Kier alpha value is -3.26. The van der Waals surface area contributed by atoms with Gasteiger partial charge in [-0.2, -0.15) is 5.26 Å². The zero-order valence-corrected chi connectivity index (χ0v) is 18.2. The third-order valence-electron chi connectivity index (χ3n) is 6.11. The molecule has 0 bridgehead atoms. The molecule has 5 heteroatoms. The van der Waals surface area contributed by atoms with Crippen LogP contribution in [0.3, 0.4) is 0 Å². The number of hydrogen-bond donors (Lipinski definition) is 0. The van der Waals surface area contributed by atoms with E-state index in [2.05, 4.69) is 24.8 Å². The van der Waals surface area contributed by atoms with E-state index in [1.807, 2.05) is 56.0 Å². The summed E-state index contributed by atoms with van der Waals surface area (Å²) < 4.78 is 6.45. The van der Waals surface area contributed by atoms with Crippen molar-refractivity contribution in [3.8, 4) is 11.8 Å². The second-order valence-corrected chi connectivity index (χ2v) is 8.25. The van der Waals surface area contributed by atoms with E-state index in [9.17, 15) is 10.1 Å². The lowest BCUT2D eigenvalue weighted by atomic mass is 9.89. The molecule has 2 aromatic rings. The molecule has 2 heterocycles. The Labute approximate surface area is 178 Å². The quantitative estimate of drug-likeness (QED) is 0.745. The van der Waals surface area contributed by atoms with Crippen molar-refractivity contribution in [3.05, 3.63) is 69.9 Å². The Kier molecular flexibility index (Phi) is 4.82. The number of carbonyl (C=O) groups is 1. The van der Waals surface area contributed by atoms with E-state index < -0.39 is 5.60 Å². The lowest BCUT2D eigenvalue weighted by Crippen LogP contribution is -2.46. The average molecular weight is 402 g/mol. The van der Waals surface area contributed by atoms with Gasteiger partial charge in [0, 0.05) is 24.2 Å². The minimum atomic E-state index is -0.621. The fourth-order valence-corrected chi connectivity index (χ4v) is 4.68. The van der Waals surface area contributed by atoms with Crippen molar-refractivity contribution >= 4 is 11.6 Å².